The average Bonchev–Trinajstić information content (AvgIpc) is 2.04. The summed E-state index contributed by atoms with van der Waals surface area (Å²) in [5, 5.41) is 0. The molecule has 14 heavy (non-hydrogen) atoms. The predicted octanol–water partition coefficient (Wildman–Crippen LogP) is 4.09. The molecule has 0 unspecified atom stereocenters. The van der Waals surface area contributed by atoms with Gasteiger partial charge in [0.15, 0.2) is 5.82 Å². The first-order chi connectivity index (χ1) is 6.31. The molecule has 7 heteroatoms. The number of halogens is 6. The molecule has 0 saturated carbocycles. The van der Waals surface area contributed by atoms with Crippen LogP contribution >= 0.6 is 38.5 Å². The van der Waals surface area contributed by atoms with Crippen molar-refractivity contribution in [2.24, 2.45) is 0 Å². The molecule has 0 heterocycles. The predicted molar refractivity (Wildman–Crippen MR) is 53.5 cm³/mol. The number of benzene rings is 1. The Hall–Kier alpha value is -0.0500. The Morgan fingerprint density at radius 1 is 1.29 bits per heavy atom. The van der Waals surface area contributed by atoms with Gasteiger partial charge in [0.05, 0.1) is 8.04 Å². The van der Waals surface area contributed by atoms with E-state index in [2.05, 4.69) is 20.7 Å². The van der Waals surface area contributed by atoms with Crippen LogP contribution in [0.2, 0.25) is 0 Å². The van der Waals surface area contributed by atoms with E-state index in [1.54, 1.807) is 22.6 Å². The smallest absolute Gasteiger partial charge is 0.404 e. The van der Waals surface area contributed by atoms with Crippen LogP contribution in [0.25, 0.3) is 0 Å². The van der Waals surface area contributed by atoms with Crippen LogP contribution in [-0.4, -0.2) is 6.36 Å². The lowest BCUT2D eigenvalue weighted by Crippen LogP contribution is -2.17. The van der Waals surface area contributed by atoms with Gasteiger partial charge in [0.25, 0.3) is 0 Å². The second-order valence-corrected chi connectivity index (χ2v) is 4.18. The van der Waals surface area contributed by atoms with E-state index in [0.29, 0.717) is 0 Å². The van der Waals surface area contributed by atoms with Gasteiger partial charge in [-0.1, -0.05) is 0 Å². The molecule has 0 aromatic heterocycles. The van der Waals surface area contributed by atoms with E-state index in [1.807, 2.05) is 0 Å². The minimum absolute atomic E-state index is 0.212. The summed E-state index contributed by atoms with van der Waals surface area (Å²) in [6.07, 6.45) is -4.82. The number of ether oxygens (including phenoxy) is 1. The molecule has 0 spiro atoms. The van der Waals surface area contributed by atoms with E-state index in [1.165, 1.54) is 6.07 Å². The fourth-order valence-electron chi connectivity index (χ4n) is 0.712. The van der Waals surface area contributed by atoms with Gasteiger partial charge in [-0.15, -0.1) is 13.2 Å². The number of alkyl halides is 3. The summed E-state index contributed by atoms with van der Waals surface area (Å²) >= 11 is 4.34. The minimum atomic E-state index is -4.82. The van der Waals surface area contributed by atoms with E-state index in [-0.39, 0.29) is 8.04 Å². The maximum Gasteiger partial charge on any atom is 0.573 e. The maximum atomic E-state index is 13.1. The normalized spacial score (nSPS) is 11.6. The van der Waals surface area contributed by atoms with Crippen LogP contribution in [0.15, 0.2) is 16.6 Å². The highest BCUT2D eigenvalue weighted by Gasteiger charge is 2.32. The molecular formula is C7H2BrF4IO. The quantitative estimate of drug-likeness (QED) is 0.402. The molecular weight excluding hydrogens is 383 g/mol. The molecule has 0 radical (unpaired) electrons. The highest BCUT2D eigenvalue weighted by atomic mass is 127. The van der Waals surface area contributed by atoms with Crippen molar-refractivity contribution in [1.82, 2.24) is 0 Å². The molecule has 0 fully saturated rings. The molecule has 1 nitrogen and oxygen atoms in total. The summed E-state index contributed by atoms with van der Waals surface area (Å²) in [7, 11) is 0. The Bertz CT molecular complexity index is 352. The number of hydrogen-bond acceptors (Lipinski definition) is 1. The van der Waals surface area contributed by atoms with Crippen LogP contribution in [0.3, 0.4) is 0 Å². The second kappa shape index (κ2) is 4.21. The lowest BCUT2D eigenvalue weighted by molar-refractivity contribution is -0.275. The molecule has 0 aliphatic heterocycles. The van der Waals surface area contributed by atoms with Crippen LogP contribution in [0.4, 0.5) is 17.6 Å². The van der Waals surface area contributed by atoms with Crippen molar-refractivity contribution in [3.8, 4) is 5.75 Å². The van der Waals surface area contributed by atoms with Crippen molar-refractivity contribution < 1.29 is 22.3 Å². The van der Waals surface area contributed by atoms with Gasteiger partial charge in [-0.25, -0.2) is 4.39 Å². The van der Waals surface area contributed by atoms with E-state index in [0.717, 1.165) is 6.07 Å². The maximum absolute atomic E-state index is 13.1. The molecule has 0 bridgehead atoms. The number of rotatable bonds is 1. The van der Waals surface area contributed by atoms with Crippen LogP contribution in [0, 0.1) is 9.39 Å². The van der Waals surface area contributed by atoms with E-state index in [9.17, 15) is 17.6 Å². The van der Waals surface area contributed by atoms with Crippen LogP contribution < -0.4 is 4.74 Å². The average molecular weight is 385 g/mol. The van der Waals surface area contributed by atoms with Crippen LogP contribution in [0.1, 0.15) is 0 Å². The third kappa shape index (κ3) is 2.97. The third-order valence-corrected chi connectivity index (χ3v) is 2.80. The lowest BCUT2D eigenvalue weighted by atomic mass is 10.3. The molecule has 1 aromatic carbocycles. The van der Waals surface area contributed by atoms with Gasteiger partial charge in [0.1, 0.15) is 5.75 Å². The minimum Gasteiger partial charge on any atom is -0.404 e. The first-order valence-corrected chi connectivity index (χ1v) is 5.07. The van der Waals surface area contributed by atoms with Gasteiger partial charge in [0, 0.05) is 0 Å². The van der Waals surface area contributed by atoms with Gasteiger partial charge < -0.3 is 4.74 Å². The van der Waals surface area contributed by atoms with Gasteiger partial charge in [-0.2, -0.15) is 0 Å². The fraction of sp³-hybridized carbons (Fsp3) is 0.143. The van der Waals surface area contributed by atoms with Crippen molar-refractivity contribution in [2.75, 3.05) is 0 Å². The summed E-state index contributed by atoms with van der Waals surface area (Å²) in [6, 6.07) is 2.24. The highest BCUT2D eigenvalue weighted by molar-refractivity contribution is 14.1. The molecule has 0 N–H and O–H groups in total. The summed E-state index contributed by atoms with van der Waals surface area (Å²) in [4.78, 5) is 0. The Morgan fingerprint density at radius 3 is 2.36 bits per heavy atom. The molecule has 0 aliphatic carbocycles. The first-order valence-electron chi connectivity index (χ1n) is 3.20. The molecule has 1 rings (SSSR count). The zero-order chi connectivity index (χ0) is 10.9. The largest absolute Gasteiger partial charge is 0.573 e. The Kier molecular flexibility index (Phi) is 3.62. The topological polar surface area (TPSA) is 9.23 Å². The third-order valence-electron chi connectivity index (χ3n) is 1.23. The summed E-state index contributed by atoms with van der Waals surface area (Å²) in [5.74, 6) is -1.36. The Labute approximate surface area is 98.7 Å². The van der Waals surface area contributed by atoms with E-state index in [4.69, 9.17) is 0 Å². The summed E-state index contributed by atoms with van der Waals surface area (Å²) in [6.45, 7) is 0. The molecule has 1 aromatic rings. The zero-order valence-corrected chi connectivity index (χ0v) is 10.1. The van der Waals surface area contributed by atoms with Crippen molar-refractivity contribution in [3.05, 3.63) is 26.0 Å². The highest BCUT2D eigenvalue weighted by Crippen LogP contribution is 2.34. The standard InChI is InChI=1S/C7H2BrF4IO/c8-5-4(14-7(10,11)12)2-1-3(13)6(5)9/h1-2H. The zero-order valence-electron chi connectivity index (χ0n) is 6.33. The first kappa shape index (κ1) is 12.0. The van der Waals surface area contributed by atoms with Gasteiger partial charge in [0.2, 0.25) is 0 Å². The monoisotopic (exact) mass is 384 g/mol. The molecule has 78 valence electrons. The lowest BCUT2D eigenvalue weighted by Gasteiger charge is -2.11. The van der Waals surface area contributed by atoms with Crippen LogP contribution in [0.5, 0.6) is 5.75 Å². The van der Waals surface area contributed by atoms with Crippen molar-refractivity contribution in [2.45, 2.75) is 6.36 Å². The summed E-state index contributed by atoms with van der Waals surface area (Å²) in [5.41, 5.74) is 0. The SMILES string of the molecule is Fc1c(I)ccc(OC(F)(F)F)c1Br. The molecule has 0 amide bonds. The van der Waals surface area contributed by atoms with Gasteiger partial charge in [-0.3, -0.25) is 0 Å². The van der Waals surface area contributed by atoms with Gasteiger partial charge >= 0.3 is 6.36 Å². The molecule has 0 saturated heterocycles. The van der Waals surface area contributed by atoms with Crippen molar-refractivity contribution in [1.29, 1.82) is 0 Å². The van der Waals surface area contributed by atoms with Gasteiger partial charge in [-0.05, 0) is 50.7 Å². The van der Waals surface area contributed by atoms with E-state index < -0.39 is 17.9 Å². The van der Waals surface area contributed by atoms with Crippen molar-refractivity contribution in [3.63, 3.8) is 0 Å². The Balaban J connectivity index is 3.06. The van der Waals surface area contributed by atoms with Crippen molar-refractivity contribution >= 4 is 38.5 Å². The molecule has 0 atom stereocenters. The second-order valence-electron chi connectivity index (χ2n) is 2.22. The molecule has 0 aliphatic rings. The van der Waals surface area contributed by atoms with Crippen LogP contribution in [-0.2, 0) is 0 Å². The fourth-order valence-corrected chi connectivity index (χ4v) is 1.96. The van der Waals surface area contributed by atoms with E-state index >= 15 is 0 Å². The Morgan fingerprint density at radius 2 is 1.86 bits per heavy atom. The number of hydrogen-bond donors (Lipinski definition) is 0. The summed E-state index contributed by atoms with van der Waals surface area (Å²) < 4.78 is 51.9.